The number of hydrogen-bond acceptors (Lipinski definition) is 4. The molecule has 1 aliphatic rings. The zero-order valence-electron chi connectivity index (χ0n) is 10.8. The lowest BCUT2D eigenvalue weighted by Crippen LogP contribution is -2.50. The Hall–Kier alpha value is -1.25. The van der Waals surface area contributed by atoms with Crippen LogP contribution in [0.4, 0.5) is 10.1 Å². The second-order valence-corrected chi connectivity index (χ2v) is 7.05. The third-order valence-electron chi connectivity index (χ3n) is 3.15. The smallest absolute Gasteiger partial charge is 0.220 e. The van der Waals surface area contributed by atoms with E-state index in [-0.39, 0.29) is 16.6 Å². The first-order valence-corrected chi connectivity index (χ1v) is 8.17. The number of hydrogen-bond donors (Lipinski definition) is 1. The van der Waals surface area contributed by atoms with Crippen LogP contribution >= 0.6 is 12.2 Å². The van der Waals surface area contributed by atoms with Crippen molar-refractivity contribution in [3.63, 3.8) is 0 Å². The van der Waals surface area contributed by atoms with Crippen LogP contribution in [0.3, 0.4) is 0 Å². The molecule has 1 saturated heterocycles. The lowest BCUT2D eigenvalue weighted by molar-refractivity contribution is 0.385. The minimum Gasteiger partial charge on any atom is -0.392 e. The fourth-order valence-electron chi connectivity index (χ4n) is 2.19. The topological polar surface area (TPSA) is 66.6 Å². The zero-order chi connectivity index (χ0) is 14.8. The standard InChI is InChI=1S/C12H16FN3O2S2/c13-10-3-1-2-4-11(10)15-5-7-16(8-6-15)20(17,18)9-12(14)19/h1-4H,5-9H2,(H2,14,19). The van der Waals surface area contributed by atoms with Gasteiger partial charge >= 0.3 is 0 Å². The molecule has 0 amide bonds. The summed E-state index contributed by atoms with van der Waals surface area (Å²) in [5.74, 6) is -0.617. The lowest BCUT2D eigenvalue weighted by Gasteiger charge is -2.35. The van der Waals surface area contributed by atoms with Crippen LogP contribution in [0, 0.1) is 5.82 Å². The lowest BCUT2D eigenvalue weighted by atomic mass is 10.2. The number of nitrogens with two attached hydrogens (primary N) is 1. The Morgan fingerprint density at radius 3 is 2.40 bits per heavy atom. The van der Waals surface area contributed by atoms with Gasteiger partial charge in [-0.1, -0.05) is 24.4 Å². The van der Waals surface area contributed by atoms with Gasteiger partial charge in [-0.25, -0.2) is 12.8 Å². The Kier molecular flexibility index (Phi) is 4.56. The molecular formula is C12H16FN3O2S2. The summed E-state index contributed by atoms with van der Waals surface area (Å²) in [7, 11) is -3.45. The van der Waals surface area contributed by atoms with E-state index in [2.05, 4.69) is 12.2 Å². The first kappa shape index (κ1) is 15.1. The second kappa shape index (κ2) is 6.02. The van der Waals surface area contributed by atoms with Gasteiger partial charge in [0.1, 0.15) is 11.6 Å². The van der Waals surface area contributed by atoms with Crippen LogP contribution in [-0.2, 0) is 10.0 Å². The molecule has 0 atom stereocenters. The molecule has 1 aromatic carbocycles. The number of nitrogens with zero attached hydrogens (tertiary/aromatic N) is 2. The molecule has 0 aromatic heterocycles. The van der Waals surface area contributed by atoms with E-state index in [0.717, 1.165) is 0 Å². The molecule has 0 bridgehead atoms. The van der Waals surface area contributed by atoms with Crippen LogP contribution in [0.5, 0.6) is 0 Å². The molecule has 1 heterocycles. The number of piperazine rings is 1. The molecule has 110 valence electrons. The molecule has 0 spiro atoms. The highest BCUT2D eigenvalue weighted by Crippen LogP contribution is 2.20. The average molecular weight is 317 g/mol. The number of anilines is 1. The predicted molar refractivity (Wildman–Crippen MR) is 80.8 cm³/mol. The zero-order valence-corrected chi connectivity index (χ0v) is 12.5. The third kappa shape index (κ3) is 3.44. The van der Waals surface area contributed by atoms with Crippen molar-refractivity contribution in [3.8, 4) is 0 Å². The van der Waals surface area contributed by atoms with Gasteiger partial charge in [0.05, 0.1) is 10.7 Å². The Bertz CT molecular complexity index is 598. The number of benzene rings is 1. The van der Waals surface area contributed by atoms with Gasteiger partial charge in [0.25, 0.3) is 0 Å². The fourth-order valence-corrected chi connectivity index (χ4v) is 3.89. The fraction of sp³-hybridized carbons (Fsp3) is 0.417. The number of halogens is 1. The monoisotopic (exact) mass is 317 g/mol. The van der Waals surface area contributed by atoms with Crippen LogP contribution in [0.25, 0.3) is 0 Å². The molecule has 5 nitrogen and oxygen atoms in total. The normalized spacial score (nSPS) is 17.1. The highest BCUT2D eigenvalue weighted by Gasteiger charge is 2.28. The van der Waals surface area contributed by atoms with E-state index in [1.807, 2.05) is 4.90 Å². The highest BCUT2D eigenvalue weighted by atomic mass is 32.2. The van der Waals surface area contributed by atoms with Crippen molar-refractivity contribution in [3.05, 3.63) is 30.1 Å². The van der Waals surface area contributed by atoms with E-state index in [9.17, 15) is 12.8 Å². The number of sulfonamides is 1. The van der Waals surface area contributed by atoms with Gasteiger partial charge in [-0.05, 0) is 12.1 Å². The molecule has 1 aromatic rings. The Balaban J connectivity index is 2.03. The Morgan fingerprint density at radius 2 is 1.85 bits per heavy atom. The minimum atomic E-state index is -3.45. The SMILES string of the molecule is NC(=S)CS(=O)(=O)N1CCN(c2ccccc2F)CC1. The van der Waals surface area contributed by atoms with Gasteiger partial charge in [0.15, 0.2) is 0 Å². The summed E-state index contributed by atoms with van der Waals surface area (Å²) in [6, 6.07) is 6.47. The maximum atomic E-state index is 13.7. The first-order valence-electron chi connectivity index (χ1n) is 6.16. The summed E-state index contributed by atoms with van der Waals surface area (Å²) < 4.78 is 39.0. The summed E-state index contributed by atoms with van der Waals surface area (Å²) in [6.07, 6.45) is 0. The summed E-state index contributed by atoms with van der Waals surface area (Å²) in [4.78, 5) is 1.80. The van der Waals surface area contributed by atoms with Gasteiger partial charge in [0, 0.05) is 26.2 Å². The van der Waals surface area contributed by atoms with Gasteiger partial charge in [-0.2, -0.15) is 4.31 Å². The van der Waals surface area contributed by atoms with E-state index in [0.29, 0.717) is 31.9 Å². The quantitative estimate of drug-likeness (QED) is 0.822. The van der Waals surface area contributed by atoms with Gasteiger partial charge < -0.3 is 10.6 Å². The summed E-state index contributed by atoms with van der Waals surface area (Å²) in [5, 5.41) is 0. The number of rotatable bonds is 4. The van der Waals surface area contributed by atoms with E-state index in [4.69, 9.17) is 5.73 Å². The molecule has 1 fully saturated rings. The van der Waals surface area contributed by atoms with Crippen LogP contribution in [0.2, 0.25) is 0 Å². The molecule has 0 aliphatic carbocycles. The molecule has 2 N–H and O–H groups in total. The van der Waals surface area contributed by atoms with Crippen molar-refractivity contribution < 1.29 is 12.8 Å². The molecular weight excluding hydrogens is 301 g/mol. The van der Waals surface area contributed by atoms with Crippen LogP contribution in [0.15, 0.2) is 24.3 Å². The largest absolute Gasteiger partial charge is 0.392 e. The van der Waals surface area contributed by atoms with Crippen molar-refractivity contribution in [2.45, 2.75) is 0 Å². The van der Waals surface area contributed by atoms with Crippen molar-refractivity contribution in [1.82, 2.24) is 4.31 Å². The summed E-state index contributed by atoms with van der Waals surface area (Å²) in [6.45, 7) is 1.49. The maximum Gasteiger partial charge on any atom is 0.220 e. The van der Waals surface area contributed by atoms with E-state index in [1.54, 1.807) is 18.2 Å². The molecule has 0 radical (unpaired) electrons. The minimum absolute atomic E-state index is 0.0402. The molecule has 20 heavy (non-hydrogen) atoms. The molecule has 8 heteroatoms. The molecule has 0 saturated carbocycles. The number of para-hydroxylation sites is 1. The molecule has 1 aliphatic heterocycles. The molecule has 0 unspecified atom stereocenters. The van der Waals surface area contributed by atoms with Crippen molar-refractivity contribution in [2.24, 2.45) is 5.73 Å². The third-order valence-corrected chi connectivity index (χ3v) is 5.30. The Labute approximate surface area is 123 Å². The average Bonchev–Trinajstić information content (AvgIpc) is 2.38. The predicted octanol–water partition coefficient (Wildman–Crippen LogP) is 0.564. The molecule has 2 rings (SSSR count). The van der Waals surface area contributed by atoms with Crippen molar-refractivity contribution in [2.75, 3.05) is 36.8 Å². The van der Waals surface area contributed by atoms with Gasteiger partial charge in [-0.3, -0.25) is 0 Å². The van der Waals surface area contributed by atoms with Gasteiger partial charge in [-0.15, -0.1) is 0 Å². The van der Waals surface area contributed by atoms with Crippen molar-refractivity contribution >= 4 is 32.9 Å². The van der Waals surface area contributed by atoms with E-state index < -0.39 is 10.0 Å². The second-order valence-electron chi connectivity index (χ2n) is 4.56. The van der Waals surface area contributed by atoms with Crippen LogP contribution in [-0.4, -0.2) is 49.6 Å². The van der Waals surface area contributed by atoms with E-state index >= 15 is 0 Å². The number of thiocarbonyl (C=S) groups is 1. The van der Waals surface area contributed by atoms with E-state index in [1.165, 1.54) is 10.4 Å². The highest BCUT2D eigenvalue weighted by molar-refractivity contribution is 7.92. The summed E-state index contributed by atoms with van der Waals surface area (Å²) >= 11 is 4.64. The van der Waals surface area contributed by atoms with Gasteiger partial charge in [0.2, 0.25) is 10.0 Å². The maximum absolute atomic E-state index is 13.7. The Morgan fingerprint density at radius 1 is 1.25 bits per heavy atom. The van der Waals surface area contributed by atoms with Crippen LogP contribution < -0.4 is 10.6 Å². The summed E-state index contributed by atoms with van der Waals surface area (Å²) in [5.41, 5.74) is 5.79. The van der Waals surface area contributed by atoms with Crippen LogP contribution in [0.1, 0.15) is 0 Å². The first-order chi connectivity index (χ1) is 9.40. The van der Waals surface area contributed by atoms with Crippen molar-refractivity contribution in [1.29, 1.82) is 0 Å².